The van der Waals surface area contributed by atoms with Gasteiger partial charge in [-0.25, -0.2) is 0 Å². The summed E-state index contributed by atoms with van der Waals surface area (Å²) >= 11 is 0. The highest BCUT2D eigenvalue weighted by molar-refractivity contribution is 5.09. The molecule has 0 nitrogen and oxygen atoms in total. The third-order valence-electron chi connectivity index (χ3n) is 1.17. The van der Waals surface area contributed by atoms with Crippen molar-refractivity contribution in [1.82, 2.24) is 0 Å². The Balaban J connectivity index is 3.36. The van der Waals surface area contributed by atoms with Crippen LogP contribution < -0.4 is 0 Å². The minimum Gasteiger partial charge on any atom is -0.0991 e. The van der Waals surface area contributed by atoms with Gasteiger partial charge in [0.05, 0.1) is 0 Å². The van der Waals surface area contributed by atoms with Gasteiger partial charge in [0.25, 0.3) is 0 Å². The van der Waals surface area contributed by atoms with Crippen LogP contribution in [-0.4, -0.2) is 0 Å². The van der Waals surface area contributed by atoms with Gasteiger partial charge in [-0.3, -0.25) is 0 Å². The molecule has 0 aromatic carbocycles. The summed E-state index contributed by atoms with van der Waals surface area (Å²) < 4.78 is 0. The van der Waals surface area contributed by atoms with Crippen molar-refractivity contribution in [3.63, 3.8) is 0 Å². The van der Waals surface area contributed by atoms with E-state index in [-0.39, 0.29) is 0 Å². The molecule has 0 unspecified atom stereocenters. The number of hydrogen-bond acceptors (Lipinski definition) is 0. The van der Waals surface area contributed by atoms with E-state index in [0.717, 1.165) is 12.8 Å². The maximum absolute atomic E-state index is 3.57. The first-order valence-electron chi connectivity index (χ1n) is 4.01. The first-order chi connectivity index (χ1) is 5.41. The van der Waals surface area contributed by atoms with Gasteiger partial charge in [-0.05, 0) is 12.8 Å². The molecule has 0 radical (unpaired) electrons. The van der Waals surface area contributed by atoms with Crippen molar-refractivity contribution in [3.05, 3.63) is 49.1 Å². The van der Waals surface area contributed by atoms with Gasteiger partial charge >= 0.3 is 0 Å². The molecule has 0 aliphatic carbocycles. The van der Waals surface area contributed by atoms with E-state index in [9.17, 15) is 0 Å². The van der Waals surface area contributed by atoms with Crippen LogP contribution in [0.5, 0.6) is 0 Å². The maximum Gasteiger partial charge on any atom is -0.0166 e. The van der Waals surface area contributed by atoms with Crippen LogP contribution in [0.4, 0.5) is 0 Å². The molecular formula is C11H16. The fraction of sp³-hybridized carbons (Fsp3) is 0.273. The van der Waals surface area contributed by atoms with Crippen LogP contribution in [0.3, 0.4) is 0 Å². The summed E-state index contributed by atoms with van der Waals surface area (Å²) in [6.07, 6.45) is 16.3. The SMILES string of the molecule is C=C/C=C/C=C\C/C=C/CC. The van der Waals surface area contributed by atoms with Gasteiger partial charge in [-0.1, -0.05) is 56.0 Å². The lowest BCUT2D eigenvalue weighted by Crippen LogP contribution is -1.57. The van der Waals surface area contributed by atoms with E-state index in [2.05, 4.69) is 31.7 Å². The highest BCUT2D eigenvalue weighted by Gasteiger charge is 1.67. The van der Waals surface area contributed by atoms with Crippen molar-refractivity contribution in [2.75, 3.05) is 0 Å². The zero-order chi connectivity index (χ0) is 8.36. The molecule has 60 valence electrons. The summed E-state index contributed by atoms with van der Waals surface area (Å²) in [6, 6.07) is 0. The summed E-state index contributed by atoms with van der Waals surface area (Å²) in [4.78, 5) is 0. The Morgan fingerprint density at radius 2 is 1.82 bits per heavy atom. The molecule has 0 fully saturated rings. The van der Waals surface area contributed by atoms with Gasteiger partial charge in [-0.15, -0.1) is 0 Å². The van der Waals surface area contributed by atoms with Crippen molar-refractivity contribution in [1.29, 1.82) is 0 Å². The number of rotatable bonds is 5. The first-order valence-corrected chi connectivity index (χ1v) is 4.01. The molecule has 11 heavy (non-hydrogen) atoms. The standard InChI is InChI=1S/C11H16/c1-3-5-7-9-11-10-8-6-4-2/h3,5-9,11H,1,4,10H2,2H3/b7-5+,8-6+,11-9-. The molecule has 0 saturated heterocycles. The van der Waals surface area contributed by atoms with Crippen LogP contribution >= 0.6 is 0 Å². The van der Waals surface area contributed by atoms with Crippen LogP contribution in [0, 0.1) is 0 Å². The molecule has 0 atom stereocenters. The summed E-state index contributed by atoms with van der Waals surface area (Å²) in [7, 11) is 0. The second-order valence-corrected chi connectivity index (χ2v) is 2.16. The second kappa shape index (κ2) is 8.96. The molecule has 0 aliphatic heterocycles. The average molecular weight is 148 g/mol. The van der Waals surface area contributed by atoms with E-state index in [0.29, 0.717) is 0 Å². The minimum atomic E-state index is 1.02. The first kappa shape index (κ1) is 9.96. The van der Waals surface area contributed by atoms with E-state index in [1.165, 1.54) is 0 Å². The quantitative estimate of drug-likeness (QED) is 0.412. The fourth-order valence-corrected chi connectivity index (χ4v) is 0.641. The van der Waals surface area contributed by atoms with Gasteiger partial charge in [0.15, 0.2) is 0 Å². The average Bonchev–Trinajstić information content (AvgIpc) is 2.03. The Kier molecular flexibility index (Phi) is 8.11. The normalized spacial score (nSPS) is 12.1. The molecule has 0 amide bonds. The zero-order valence-corrected chi connectivity index (χ0v) is 7.16. The Labute approximate surface area is 69.6 Å². The van der Waals surface area contributed by atoms with Gasteiger partial charge in [-0.2, -0.15) is 0 Å². The lowest BCUT2D eigenvalue weighted by Gasteiger charge is -1.79. The van der Waals surface area contributed by atoms with Crippen molar-refractivity contribution in [2.45, 2.75) is 19.8 Å². The fourth-order valence-electron chi connectivity index (χ4n) is 0.641. The lowest BCUT2D eigenvalue weighted by molar-refractivity contribution is 1.20. The molecule has 0 heteroatoms. The molecule has 0 N–H and O–H groups in total. The molecule has 0 aliphatic rings. The van der Waals surface area contributed by atoms with E-state index in [1.54, 1.807) is 6.08 Å². The van der Waals surface area contributed by atoms with Crippen LogP contribution in [0.25, 0.3) is 0 Å². The third kappa shape index (κ3) is 8.96. The summed E-state index contributed by atoms with van der Waals surface area (Å²) in [5, 5.41) is 0. The molecule has 0 spiro atoms. The largest absolute Gasteiger partial charge is 0.0991 e. The molecule has 0 rings (SSSR count). The summed E-state index contributed by atoms with van der Waals surface area (Å²) in [5.41, 5.74) is 0. The van der Waals surface area contributed by atoms with Crippen molar-refractivity contribution < 1.29 is 0 Å². The maximum atomic E-state index is 3.57. The topological polar surface area (TPSA) is 0 Å². The predicted octanol–water partition coefficient (Wildman–Crippen LogP) is 3.64. The number of hydrogen-bond donors (Lipinski definition) is 0. The van der Waals surface area contributed by atoms with Crippen LogP contribution in [-0.2, 0) is 0 Å². The minimum absolute atomic E-state index is 1.02. The summed E-state index contributed by atoms with van der Waals surface area (Å²) in [6.45, 7) is 5.71. The monoisotopic (exact) mass is 148 g/mol. The third-order valence-corrected chi connectivity index (χ3v) is 1.17. The van der Waals surface area contributed by atoms with Gasteiger partial charge in [0, 0.05) is 0 Å². The van der Waals surface area contributed by atoms with Crippen LogP contribution in [0.1, 0.15) is 19.8 Å². The Bertz CT molecular complexity index is 159. The Morgan fingerprint density at radius 3 is 2.45 bits per heavy atom. The molecule has 0 saturated carbocycles. The van der Waals surface area contributed by atoms with E-state index < -0.39 is 0 Å². The predicted molar refractivity (Wildman–Crippen MR) is 52.5 cm³/mol. The summed E-state index contributed by atoms with van der Waals surface area (Å²) in [5.74, 6) is 0. The molecule has 0 aromatic rings. The number of allylic oxidation sites excluding steroid dienone is 7. The van der Waals surface area contributed by atoms with Crippen molar-refractivity contribution >= 4 is 0 Å². The van der Waals surface area contributed by atoms with Crippen LogP contribution in [0.15, 0.2) is 49.1 Å². The molecule has 0 aromatic heterocycles. The van der Waals surface area contributed by atoms with Crippen LogP contribution in [0.2, 0.25) is 0 Å². The highest BCUT2D eigenvalue weighted by Crippen LogP contribution is 1.88. The molecule has 0 bridgehead atoms. The molecular weight excluding hydrogens is 132 g/mol. The smallest absolute Gasteiger partial charge is 0.0166 e. The zero-order valence-electron chi connectivity index (χ0n) is 7.16. The van der Waals surface area contributed by atoms with Crippen molar-refractivity contribution in [3.8, 4) is 0 Å². The van der Waals surface area contributed by atoms with E-state index in [1.807, 2.05) is 18.2 Å². The van der Waals surface area contributed by atoms with Gasteiger partial charge in [0.2, 0.25) is 0 Å². The highest BCUT2D eigenvalue weighted by atomic mass is 13.7. The molecule has 0 heterocycles. The van der Waals surface area contributed by atoms with E-state index in [4.69, 9.17) is 0 Å². The Morgan fingerprint density at radius 1 is 1.00 bits per heavy atom. The second-order valence-electron chi connectivity index (χ2n) is 2.16. The van der Waals surface area contributed by atoms with Gasteiger partial charge in [0.1, 0.15) is 0 Å². The van der Waals surface area contributed by atoms with E-state index >= 15 is 0 Å². The van der Waals surface area contributed by atoms with Gasteiger partial charge < -0.3 is 0 Å². The Hall–Kier alpha value is -1.04. The lowest BCUT2D eigenvalue weighted by atomic mass is 10.3. The van der Waals surface area contributed by atoms with Crippen molar-refractivity contribution in [2.24, 2.45) is 0 Å².